The van der Waals surface area contributed by atoms with E-state index in [1.165, 1.54) is 0 Å². The number of benzene rings is 1. The summed E-state index contributed by atoms with van der Waals surface area (Å²) in [7, 11) is 0. The van der Waals surface area contributed by atoms with E-state index in [9.17, 15) is 9.59 Å². The van der Waals surface area contributed by atoms with Crippen LogP contribution in [-0.2, 0) is 15.1 Å². The van der Waals surface area contributed by atoms with Crippen molar-refractivity contribution >= 4 is 40.2 Å². The first kappa shape index (κ1) is 17.9. The van der Waals surface area contributed by atoms with Gasteiger partial charge in [0.15, 0.2) is 0 Å². The van der Waals surface area contributed by atoms with Gasteiger partial charge in [-0.3, -0.25) is 9.59 Å². The Bertz CT molecular complexity index is 521. The third-order valence-corrected chi connectivity index (χ3v) is 4.09. The van der Waals surface area contributed by atoms with E-state index in [1.54, 1.807) is 0 Å². The number of carbonyl (C=O) groups excluding carboxylic acids is 2. The Kier molecular flexibility index (Phi) is 6.64. The van der Waals surface area contributed by atoms with E-state index in [-0.39, 0.29) is 42.8 Å². The van der Waals surface area contributed by atoms with Crippen LogP contribution < -0.4 is 16.4 Å². The predicted molar refractivity (Wildman–Crippen MR) is 87.1 cm³/mol. The maximum Gasteiger partial charge on any atom is 0.240 e. The van der Waals surface area contributed by atoms with E-state index in [1.807, 2.05) is 24.3 Å². The second-order valence-corrected chi connectivity index (χ2v) is 5.89. The first-order valence-corrected chi connectivity index (χ1v) is 7.39. The van der Waals surface area contributed by atoms with E-state index in [2.05, 4.69) is 26.6 Å². The SMILES string of the molecule is Cl.NCC(=O)NCC(=O)NC1(c2cccc(Br)c2)CCC1. The molecule has 4 N–H and O–H groups in total. The molecule has 0 bridgehead atoms. The van der Waals surface area contributed by atoms with Gasteiger partial charge in [-0.25, -0.2) is 0 Å². The minimum atomic E-state index is -0.328. The number of rotatable bonds is 5. The topological polar surface area (TPSA) is 84.2 Å². The average Bonchev–Trinajstić information content (AvgIpc) is 2.40. The summed E-state index contributed by atoms with van der Waals surface area (Å²) in [6, 6.07) is 7.96. The predicted octanol–water partition coefficient (Wildman–Crippen LogP) is 1.44. The summed E-state index contributed by atoms with van der Waals surface area (Å²) in [6.45, 7) is -0.143. The molecule has 1 saturated carbocycles. The van der Waals surface area contributed by atoms with Crippen LogP contribution in [0.4, 0.5) is 0 Å². The highest BCUT2D eigenvalue weighted by Gasteiger charge is 2.39. The molecule has 0 radical (unpaired) electrons. The smallest absolute Gasteiger partial charge is 0.240 e. The van der Waals surface area contributed by atoms with Gasteiger partial charge in [-0.15, -0.1) is 12.4 Å². The zero-order chi connectivity index (χ0) is 14.6. The summed E-state index contributed by atoms with van der Waals surface area (Å²) >= 11 is 3.45. The van der Waals surface area contributed by atoms with E-state index in [0.717, 1.165) is 29.3 Å². The van der Waals surface area contributed by atoms with Gasteiger partial charge in [-0.2, -0.15) is 0 Å². The molecule has 1 aromatic rings. The zero-order valence-corrected chi connectivity index (χ0v) is 13.9. The summed E-state index contributed by atoms with van der Waals surface area (Å²) in [5.41, 5.74) is 5.98. The van der Waals surface area contributed by atoms with Crippen molar-refractivity contribution in [1.29, 1.82) is 0 Å². The Labute approximate surface area is 138 Å². The Morgan fingerprint density at radius 1 is 1.29 bits per heavy atom. The monoisotopic (exact) mass is 375 g/mol. The van der Waals surface area contributed by atoms with Gasteiger partial charge < -0.3 is 16.4 Å². The fraction of sp³-hybridized carbons (Fsp3) is 0.429. The van der Waals surface area contributed by atoms with Crippen LogP contribution in [0.2, 0.25) is 0 Å². The third-order valence-electron chi connectivity index (χ3n) is 3.59. The van der Waals surface area contributed by atoms with Crippen LogP contribution in [0.1, 0.15) is 24.8 Å². The molecule has 0 atom stereocenters. The van der Waals surface area contributed by atoms with Crippen LogP contribution >= 0.6 is 28.3 Å². The lowest BCUT2D eigenvalue weighted by Gasteiger charge is -2.43. The second kappa shape index (κ2) is 7.77. The van der Waals surface area contributed by atoms with Crippen LogP contribution in [0.25, 0.3) is 0 Å². The zero-order valence-electron chi connectivity index (χ0n) is 11.5. The minimum Gasteiger partial charge on any atom is -0.346 e. The number of halogens is 2. The van der Waals surface area contributed by atoms with Crippen molar-refractivity contribution in [2.45, 2.75) is 24.8 Å². The molecule has 0 aromatic heterocycles. The summed E-state index contributed by atoms with van der Waals surface area (Å²) in [5, 5.41) is 5.52. The molecule has 2 rings (SSSR count). The molecule has 5 nitrogen and oxygen atoms in total. The van der Waals surface area contributed by atoms with E-state index in [0.29, 0.717) is 0 Å². The molecule has 1 aromatic carbocycles. The highest BCUT2D eigenvalue weighted by Crippen LogP contribution is 2.41. The van der Waals surface area contributed by atoms with E-state index in [4.69, 9.17) is 5.73 Å². The van der Waals surface area contributed by atoms with Gasteiger partial charge in [-0.05, 0) is 37.0 Å². The summed E-state index contributed by atoms with van der Waals surface area (Å²) in [6.07, 6.45) is 2.92. The van der Waals surface area contributed by atoms with Crippen molar-refractivity contribution in [3.05, 3.63) is 34.3 Å². The number of nitrogens with two attached hydrogens (primary N) is 1. The van der Waals surface area contributed by atoms with Crippen LogP contribution in [0, 0.1) is 0 Å². The van der Waals surface area contributed by atoms with Crippen LogP contribution in [0.5, 0.6) is 0 Å². The maximum atomic E-state index is 12.0. The van der Waals surface area contributed by atoms with Crippen molar-refractivity contribution in [2.75, 3.05) is 13.1 Å². The number of amides is 2. The number of carbonyl (C=O) groups is 2. The lowest BCUT2D eigenvalue weighted by Crippen LogP contribution is -2.53. The fourth-order valence-corrected chi connectivity index (χ4v) is 2.76. The van der Waals surface area contributed by atoms with Crippen molar-refractivity contribution < 1.29 is 9.59 Å². The molecule has 0 heterocycles. The standard InChI is InChI=1S/C14H18BrN3O2.ClH/c15-11-4-1-3-10(7-11)14(5-2-6-14)18-13(20)9-17-12(19)8-16;/h1,3-4,7H,2,5-6,8-9,16H2,(H,17,19)(H,18,20);1H. The Morgan fingerprint density at radius 3 is 2.52 bits per heavy atom. The Balaban J connectivity index is 0.00000220. The van der Waals surface area contributed by atoms with Crippen LogP contribution in [0.15, 0.2) is 28.7 Å². The number of hydrogen-bond acceptors (Lipinski definition) is 3. The molecule has 2 amide bonds. The first-order valence-electron chi connectivity index (χ1n) is 6.59. The third kappa shape index (κ3) is 4.43. The molecule has 116 valence electrons. The molecule has 0 aliphatic heterocycles. The summed E-state index contributed by atoms with van der Waals surface area (Å²) in [4.78, 5) is 23.0. The molecular formula is C14H19BrClN3O2. The van der Waals surface area contributed by atoms with Crippen LogP contribution in [-0.4, -0.2) is 24.9 Å². The lowest BCUT2D eigenvalue weighted by molar-refractivity contribution is -0.127. The molecule has 1 aliphatic carbocycles. The second-order valence-electron chi connectivity index (χ2n) is 4.98. The normalized spacial score (nSPS) is 15.3. The van der Waals surface area contributed by atoms with E-state index < -0.39 is 0 Å². The van der Waals surface area contributed by atoms with Crippen molar-refractivity contribution in [2.24, 2.45) is 5.73 Å². The van der Waals surface area contributed by atoms with Crippen molar-refractivity contribution in [3.8, 4) is 0 Å². The van der Waals surface area contributed by atoms with Gasteiger partial charge in [0.05, 0.1) is 18.6 Å². The molecule has 7 heteroatoms. The molecule has 0 saturated heterocycles. The highest BCUT2D eigenvalue weighted by atomic mass is 79.9. The molecule has 0 unspecified atom stereocenters. The molecule has 0 spiro atoms. The first-order chi connectivity index (χ1) is 9.55. The molecule has 21 heavy (non-hydrogen) atoms. The fourth-order valence-electron chi connectivity index (χ4n) is 2.36. The van der Waals surface area contributed by atoms with Gasteiger partial charge in [0.25, 0.3) is 0 Å². The van der Waals surface area contributed by atoms with Gasteiger partial charge in [0.1, 0.15) is 0 Å². The minimum absolute atomic E-state index is 0. The average molecular weight is 377 g/mol. The van der Waals surface area contributed by atoms with Crippen LogP contribution in [0.3, 0.4) is 0 Å². The van der Waals surface area contributed by atoms with Gasteiger partial charge >= 0.3 is 0 Å². The number of hydrogen-bond donors (Lipinski definition) is 3. The summed E-state index contributed by atoms with van der Waals surface area (Å²) in [5.74, 6) is -0.517. The molecule has 1 fully saturated rings. The Morgan fingerprint density at radius 2 is 2.00 bits per heavy atom. The number of nitrogens with one attached hydrogen (secondary N) is 2. The highest BCUT2D eigenvalue weighted by molar-refractivity contribution is 9.10. The van der Waals surface area contributed by atoms with Gasteiger partial charge in [0.2, 0.25) is 11.8 Å². The van der Waals surface area contributed by atoms with Gasteiger partial charge in [-0.1, -0.05) is 28.1 Å². The maximum absolute atomic E-state index is 12.0. The Hall–Kier alpha value is -1.11. The van der Waals surface area contributed by atoms with E-state index >= 15 is 0 Å². The van der Waals surface area contributed by atoms with Crippen molar-refractivity contribution in [1.82, 2.24) is 10.6 Å². The largest absolute Gasteiger partial charge is 0.346 e. The summed E-state index contributed by atoms with van der Waals surface area (Å²) < 4.78 is 0.993. The molecular weight excluding hydrogens is 358 g/mol. The van der Waals surface area contributed by atoms with Gasteiger partial charge in [0, 0.05) is 4.47 Å². The quantitative estimate of drug-likeness (QED) is 0.727. The van der Waals surface area contributed by atoms with Crippen molar-refractivity contribution in [3.63, 3.8) is 0 Å². The molecule has 1 aliphatic rings. The lowest BCUT2D eigenvalue weighted by atomic mass is 9.72.